The molecule has 0 aromatic heterocycles. The molecule has 0 bridgehead atoms. The second-order valence-corrected chi connectivity index (χ2v) is 4.33. The normalized spacial score (nSPS) is 9.89. The number of aryl methyl sites for hydroxylation is 1. The second-order valence-electron chi connectivity index (χ2n) is 4.33. The van der Waals surface area contributed by atoms with E-state index in [1.54, 1.807) is 18.2 Å². The van der Waals surface area contributed by atoms with Crippen LogP contribution in [0.1, 0.15) is 24.5 Å². The van der Waals surface area contributed by atoms with Gasteiger partial charge < -0.3 is 10.5 Å². The minimum atomic E-state index is 0.377. The number of rotatable bonds is 4. The van der Waals surface area contributed by atoms with Gasteiger partial charge in [-0.1, -0.05) is 31.5 Å². The third-order valence-corrected chi connectivity index (χ3v) is 2.88. The van der Waals surface area contributed by atoms with E-state index in [-0.39, 0.29) is 0 Å². The van der Waals surface area contributed by atoms with Crippen LogP contribution in [0.4, 0.5) is 5.69 Å². The number of hydrogen-bond donors (Lipinski definition) is 1. The number of anilines is 1. The number of nitrogen functional groups attached to an aromatic ring is 1. The maximum absolute atomic E-state index is 8.92. The van der Waals surface area contributed by atoms with Crippen LogP contribution in [0, 0.1) is 11.3 Å². The first-order chi connectivity index (χ1) is 9.24. The Morgan fingerprint density at radius 2 is 1.89 bits per heavy atom. The van der Waals surface area contributed by atoms with E-state index in [4.69, 9.17) is 15.7 Å². The molecule has 0 fully saturated rings. The molecule has 0 radical (unpaired) electrons. The lowest BCUT2D eigenvalue weighted by molar-refractivity contribution is 0.484. The molecule has 3 heteroatoms. The summed E-state index contributed by atoms with van der Waals surface area (Å²) in [7, 11) is 0. The van der Waals surface area contributed by atoms with E-state index in [0.717, 1.165) is 18.6 Å². The SMILES string of the molecule is CCCc1ccc(Oc2cccc(C#N)c2N)cc1. The molecule has 0 saturated carbocycles. The third kappa shape index (κ3) is 3.05. The molecule has 0 spiro atoms. The minimum Gasteiger partial charge on any atom is -0.455 e. The Balaban J connectivity index is 2.19. The van der Waals surface area contributed by atoms with Crippen molar-refractivity contribution in [2.45, 2.75) is 19.8 Å². The highest BCUT2D eigenvalue weighted by atomic mass is 16.5. The van der Waals surface area contributed by atoms with Crippen LogP contribution in [0.3, 0.4) is 0 Å². The lowest BCUT2D eigenvalue weighted by Gasteiger charge is -2.09. The Hall–Kier alpha value is -2.47. The Labute approximate surface area is 113 Å². The van der Waals surface area contributed by atoms with Crippen molar-refractivity contribution in [2.24, 2.45) is 0 Å². The predicted octanol–water partition coefficient (Wildman–Crippen LogP) is 3.89. The summed E-state index contributed by atoms with van der Waals surface area (Å²) in [4.78, 5) is 0. The number of nitrogens with two attached hydrogens (primary N) is 1. The summed E-state index contributed by atoms with van der Waals surface area (Å²) in [5.41, 5.74) is 7.97. The molecule has 96 valence electrons. The highest BCUT2D eigenvalue weighted by molar-refractivity contribution is 5.63. The Kier molecular flexibility index (Phi) is 4.04. The number of benzene rings is 2. The van der Waals surface area contributed by atoms with E-state index in [1.807, 2.05) is 30.3 Å². The number of nitriles is 1. The van der Waals surface area contributed by atoms with Gasteiger partial charge in [0, 0.05) is 0 Å². The second kappa shape index (κ2) is 5.92. The van der Waals surface area contributed by atoms with Gasteiger partial charge in [0.1, 0.15) is 11.8 Å². The van der Waals surface area contributed by atoms with E-state index in [2.05, 4.69) is 6.92 Å². The van der Waals surface area contributed by atoms with Crippen molar-refractivity contribution < 1.29 is 4.74 Å². The Morgan fingerprint density at radius 3 is 2.53 bits per heavy atom. The molecule has 2 N–H and O–H groups in total. The molecule has 3 nitrogen and oxygen atoms in total. The maximum atomic E-state index is 8.92. The zero-order chi connectivity index (χ0) is 13.7. The topological polar surface area (TPSA) is 59.0 Å². The summed E-state index contributed by atoms with van der Waals surface area (Å²) in [6.45, 7) is 2.15. The molecule has 0 amide bonds. The van der Waals surface area contributed by atoms with Crippen LogP contribution >= 0.6 is 0 Å². The van der Waals surface area contributed by atoms with E-state index in [9.17, 15) is 0 Å². The van der Waals surface area contributed by atoms with E-state index in [0.29, 0.717) is 17.0 Å². The van der Waals surface area contributed by atoms with Crippen LogP contribution in [0.25, 0.3) is 0 Å². The largest absolute Gasteiger partial charge is 0.455 e. The van der Waals surface area contributed by atoms with Gasteiger partial charge in [0.05, 0.1) is 11.3 Å². The molecule has 2 aromatic rings. The van der Waals surface area contributed by atoms with Gasteiger partial charge in [-0.05, 0) is 36.2 Å². The quantitative estimate of drug-likeness (QED) is 0.840. The van der Waals surface area contributed by atoms with Gasteiger partial charge in [0.15, 0.2) is 5.75 Å². The van der Waals surface area contributed by atoms with Crippen molar-refractivity contribution in [3.63, 3.8) is 0 Å². The predicted molar refractivity (Wildman–Crippen MR) is 76.1 cm³/mol. The van der Waals surface area contributed by atoms with Gasteiger partial charge in [-0.25, -0.2) is 0 Å². The maximum Gasteiger partial charge on any atom is 0.151 e. The fourth-order valence-corrected chi connectivity index (χ4v) is 1.87. The molecule has 0 atom stereocenters. The third-order valence-electron chi connectivity index (χ3n) is 2.88. The molecule has 19 heavy (non-hydrogen) atoms. The first-order valence-corrected chi connectivity index (χ1v) is 6.30. The monoisotopic (exact) mass is 252 g/mol. The standard InChI is InChI=1S/C16H16N2O/c1-2-4-12-7-9-14(10-8-12)19-15-6-3-5-13(11-17)16(15)18/h3,5-10H,2,4,18H2,1H3. The smallest absolute Gasteiger partial charge is 0.151 e. The molecule has 2 rings (SSSR count). The summed E-state index contributed by atoms with van der Waals surface area (Å²) in [5.74, 6) is 1.24. The first-order valence-electron chi connectivity index (χ1n) is 6.30. The fraction of sp³-hybridized carbons (Fsp3) is 0.188. The van der Waals surface area contributed by atoms with Gasteiger partial charge in [0.2, 0.25) is 0 Å². The molecule has 0 unspecified atom stereocenters. The highest BCUT2D eigenvalue weighted by Crippen LogP contribution is 2.29. The van der Waals surface area contributed by atoms with Crippen molar-refractivity contribution in [3.8, 4) is 17.6 Å². The van der Waals surface area contributed by atoms with Gasteiger partial charge in [-0.15, -0.1) is 0 Å². The number of hydrogen-bond acceptors (Lipinski definition) is 3. The lowest BCUT2D eigenvalue weighted by Crippen LogP contribution is -1.95. The van der Waals surface area contributed by atoms with Gasteiger partial charge in [-0.2, -0.15) is 5.26 Å². The Morgan fingerprint density at radius 1 is 1.16 bits per heavy atom. The molecular weight excluding hydrogens is 236 g/mol. The molecule has 0 aliphatic rings. The summed E-state index contributed by atoms with van der Waals surface area (Å²) in [5, 5.41) is 8.92. The molecule has 0 saturated heterocycles. The van der Waals surface area contributed by atoms with Crippen LogP contribution in [-0.2, 0) is 6.42 Å². The van der Waals surface area contributed by atoms with Crippen molar-refractivity contribution in [1.29, 1.82) is 5.26 Å². The Bertz CT molecular complexity index is 597. The lowest BCUT2D eigenvalue weighted by atomic mass is 10.1. The van der Waals surface area contributed by atoms with Crippen molar-refractivity contribution >= 4 is 5.69 Å². The minimum absolute atomic E-state index is 0.377. The molecule has 2 aromatic carbocycles. The van der Waals surface area contributed by atoms with E-state index >= 15 is 0 Å². The van der Waals surface area contributed by atoms with Crippen molar-refractivity contribution in [3.05, 3.63) is 53.6 Å². The van der Waals surface area contributed by atoms with Crippen LogP contribution in [0.2, 0.25) is 0 Å². The number of ether oxygens (including phenoxy) is 1. The van der Waals surface area contributed by atoms with Crippen LogP contribution in [-0.4, -0.2) is 0 Å². The highest BCUT2D eigenvalue weighted by Gasteiger charge is 2.06. The summed E-state index contributed by atoms with van der Waals surface area (Å²) < 4.78 is 5.71. The van der Waals surface area contributed by atoms with Gasteiger partial charge in [-0.3, -0.25) is 0 Å². The van der Waals surface area contributed by atoms with Crippen LogP contribution < -0.4 is 10.5 Å². The van der Waals surface area contributed by atoms with Crippen molar-refractivity contribution in [2.75, 3.05) is 5.73 Å². The zero-order valence-electron chi connectivity index (χ0n) is 10.9. The van der Waals surface area contributed by atoms with Crippen molar-refractivity contribution in [1.82, 2.24) is 0 Å². The molecular formula is C16H16N2O. The average molecular weight is 252 g/mol. The average Bonchev–Trinajstić information content (AvgIpc) is 2.43. The van der Waals surface area contributed by atoms with Gasteiger partial charge in [0.25, 0.3) is 0 Å². The fourth-order valence-electron chi connectivity index (χ4n) is 1.87. The van der Waals surface area contributed by atoms with Gasteiger partial charge >= 0.3 is 0 Å². The summed E-state index contributed by atoms with van der Waals surface area (Å²) in [6, 6.07) is 15.2. The first kappa shape index (κ1) is 13.0. The summed E-state index contributed by atoms with van der Waals surface area (Å²) in [6.07, 6.45) is 2.18. The summed E-state index contributed by atoms with van der Waals surface area (Å²) >= 11 is 0. The molecule has 0 aliphatic heterocycles. The van der Waals surface area contributed by atoms with E-state index < -0.39 is 0 Å². The number of para-hydroxylation sites is 1. The zero-order valence-corrected chi connectivity index (χ0v) is 10.9. The van der Waals surface area contributed by atoms with E-state index in [1.165, 1.54) is 5.56 Å². The number of nitrogens with zero attached hydrogens (tertiary/aromatic N) is 1. The molecule has 0 heterocycles. The van der Waals surface area contributed by atoms with Crippen LogP contribution in [0.15, 0.2) is 42.5 Å². The van der Waals surface area contributed by atoms with Crippen LogP contribution in [0.5, 0.6) is 11.5 Å². The molecule has 0 aliphatic carbocycles.